The van der Waals surface area contributed by atoms with Gasteiger partial charge in [0, 0.05) is 13.1 Å². The van der Waals surface area contributed by atoms with Gasteiger partial charge in [-0.1, -0.05) is 24.3 Å². The fourth-order valence-corrected chi connectivity index (χ4v) is 4.75. The Morgan fingerprint density at radius 2 is 1.89 bits per heavy atom. The third kappa shape index (κ3) is 4.28. The fourth-order valence-electron chi connectivity index (χ4n) is 2.99. The maximum absolute atomic E-state index is 13.9. The number of hydrogen-bond acceptors (Lipinski definition) is 5. The number of sulfone groups is 1. The average molecular weight is 393 g/mol. The first kappa shape index (κ1) is 19.3. The van der Waals surface area contributed by atoms with Crippen molar-refractivity contribution in [2.75, 3.05) is 19.7 Å². The van der Waals surface area contributed by atoms with Crippen molar-refractivity contribution in [3.05, 3.63) is 59.9 Å². The summed E-state index contributed by atoms with van der Waals surface area (Å²) < 4.78 is 44.6. The highest BCUT2D eigenvalue weighted by atomic mass is 32.2. The van der Waals surface area contributed by atoms with Gasteiger partial charge in [0.05, 0.1) is 11.9 Å². The van der Waals surface area contributed by atoms with Crippen molar-refractivity contribution in [1.29, 1.82) is 0 Å². The molecule has 0 saturated carbocycles. The predicted molar refractivity (Wildman–Crippen MR) is 96.4 cm³/mol. The molecule has 3 rings (SSSR count). The standard InChI is InChI=1S/C19H20FNO5S/c20-17-3-1-2-4-18(17)27(24,25)16-9-10-21(11-16)19(23)13-26-15-7-5-14(12-22)6-8-15/h1-8,16,22H,9-13H2. The molecule has 1 aliphatic heterocycles. The summed E-state index contributed by atoms with van der Waals surface area (Å²) >= 11 is 0. The van der Waals surface area contributed by atoms with Gasteiger partial charge in [-0.2, -0.15) is 0 Å². The van der Waals surface area contributed by atoms with E-state index in [1.807, 2.05) is 0 Å². The maximum atomic E-state index is 13.9. The summed E-state index contributed by atoms with van der Waals surface area (Å²) in [6.07, 6.45) is 0.258. The minimum Gasteiger partial charge on any atom is -0.484 e. The minimum atomic E-state index is -3.84. The zero-order valence-electron chi connectivity index (χ0n) is 14.5. The summed E-state index contributed by atoms with van der Waals surface area (Å²) in [4.78, 5) is 13.4. The molecule has 27 heavy (non-hydrogen) atoms. The van der Waals surface area contributed by atoms with Crippen molar-refractivity contribution in [2.45, 2.75) is 23.2 Å². The number of rotatable bonds is 6. The van der Waals surface area contributed by atoms with Crippen LogP contribution in [0.2, 0.25) is 0 Å². The van der Waals surface area contributed by atoms with Gasteiger partial charge in [0.1, 0.15) is 16.5 Å². The van der Waals surface area contributed by atoms with Gasteiger partial charge in [0.25, 0.3) is 5.91 Å². The third-order valence-electron chi connectivity index (χ3n) is 4.55. The summed E-state index contributed by atoms with van der Waals surface area (Å²) in [5.74, 6) is -0.625. The molecule has 2 aromatic carbocycles. The van der Waals surface area contributed by atoms with Gasteiger partial charge >= 0.3 is 0 Å². The number of aliphatic hydroxyl groups excluding tert-OH is 1. The summed E-state index contributed by atoms with van der Waals surface area (Å²) in [6.45, 7) is 0.00208. The quantitative estimate of drug-likeness (QED) is 0.809. The second kappa shape index (κ2) is 8.06. The van der Waals surface area contributed by atoms with Gasteiger partial charge in [-0.15, -0.1) is 0 Å². The monoisotopic (exact) mass is 393 g/mol. The number of aliphatic hydroxyl groups is 1. The molecule has 0 spiro atoms. The lowest BCUT2D eigenvalue weighted by Crippen LogP contribution is -2.35. The second-order valence-corrected chi connectivity index (χ2v) is 8.51. The molecule has 1 unspecified atom stereocenters. The Labute approximate surface area is 157 Å². The van der Waals surface area contributed by atoms with E-state index in [4.69, 9.17) is 9.84 Å². The van der Waals surface area contributed by atoms with Gasteiger partial charge in [-0.3, -0.25) is 4.79 Å². The van der Waals surface area contributed by atoms with Crippen LogP contribution in [-0.4, -0.2) is 49.3 Å². The van der Waals surface area contributed by atoms with Crippen molar-refractivity contribution in [3.8, 4) is 5.75 Å². The van der Waals surface area contributed by atoms with E-state index in [0.29, 0.717) is 5.75 Å². The van der Waals surface area contributed by atoms with Crippen LogP contribution in [0.5, 0.6) is 5.75 Å². The van der Waals surface area contributed by atoms with Crippen molar-refractivity contribution < 1.29 is 27.4 Å². The third-order valence-corrected chi connectivity index (χ3v) is 6.75. The van der Waals surface area contributed by atoms with E-state index >= 15 is 0 Å². The van der Waals surface area contributed by atoms with Gasteiger partial charge in [-0.25, -0.2) is 12.8 Å². The zero-order chi connectivity index (χ0) is 19.4. The Hall–Kier alpha value is -2.45. The van der Waals surface area contributed by atoms with E-state index in [1.54, 1.807) is 24.3 Å². The summed E-state index contributed by atoms with van der Waals surface area (Å²) in [5, 5.41) is 8.17. The molecule has 6 nitrogen and oxygen atoms in total. The SMILES string of the molecule is O=C(COc1ccc(CO)cc1)N1CCC(S(=O)(=O)c2ccccc2F)C1. The lowest BCUT2D eigenvalue weighted by atomic mass is 10.2. The largest absolute Gasteiger partial charge is 0.484 e. The molecule has 1 N–H and O–H groups in total. The Kier molecular flexibility index (Phi) is 5.76. The Balaban J connectivity index is 1.60. The van der Waals surface area contributed by atoms with E-state index in [0.717, 1.165) is 11.6 Å². The number of likely N-dealkylation sites (tertiary alicyclic amines) is 1. The van der Waals surface area contributed by atoms with E-state index in [9.17, 15) is 17.6 Å². The highest BCUT2D eigenvalue weighted by Crippen LogP contribution is 2.26. The van der Waals surface area contributed by atoms with Crippen molar-refractivity contribution in [3.63, 3.8) is 0 Å². The van der Waals surface area contributed by atoms with Crippen molar-refractivity contribution in [1.82, 2.24) is 4.90 Å². The van der Waals surface area contributed by atoms with Crippen LogP contribution < -0.4 is 4.74 Å². The van der Waals surface area contributed by atoms with Crippen LogP contribution in [0.25, 0.3) is 0 Å². The molecule has 1 heterocycles. The molecular formula is C19H20FNO5S. The zero-order valence-corrected chi connectivity index (χ0v) is 15.4. The van der Waals surface area contributed by atoms with Gasteiger partial charge in [-0.05, 0) is 36.2 Å². The smallest absolute Gasteiger partial charge is 0.260 e. The van der Waals surface area contributed by atoms with Crippen LogP contribution in [0.3, 0.4) is 0 Å². The molecule has 1 aliphatic rings. The molecular weight excluding hydrogens is 373 g/mol. The normalized spacial score (nSPS) is 17.1. The summed E-state index contributed by atoms with van der Waals surface area (Å²) in [6, 6.07) is 11.9. The lowest BCUT2D eigenvalue weighted by Gasteiger charge is -2.17. The van der Waals surface area contributed by atoms with E-state index in [-0.39, 0.29) is 43.5 Å². The van der Waals surface area contributed by atoms with Gasteiger partial charge in [0.2, 0.25) is 0 Å². The van der Waals surface area contributed by atoms with Crippen LogP contribution in [0.1, 0.15) is 12.0 Å². The van der Waals surface area contributed by atoms with Crippen molar-refractivity contribution >= 4 is 15.7 Å². The van der Waals surface area contributed by atoms with Gasteiger partial charge in [0.15, 0.2) is 16.4 Å². The van der Waals surface area contributed by atoms with Crippen LogP contribution >= 0.6 is 0 Å². The molecule has 1 atom stereocenters. The first-order valence-corrected chi connectivity index (χ1v) is 10.0. The second-order valence-electron chi connectivity index (χ2n) is 6.32. The Morgan fingerprint density at radius 1 is 1.19 bits per heavy atom. The van der Waals surface area contributed by atoms with Gasteiger partial charge < -0.3 is 14.7 Å². The number of amides is 1. The number of carbonyl (C=O) groups is 1. The van der Waals surface area contributed by atoms with Crippen LogP contribution in [-0.2, 0) is 21.2 Å². The number of halogens is 1. The first-order chi connectivity index (χ1) is 12.9. The number of benzene rings is 2. The molecule has 1 amide bonds. The molecule has 0 aromatic heterocycles. The first-order valence-electron chi connectivity index (χ1n) is 8.50. The molecule has 0 radical (unpaired) electrons. The predicted octanol–water partition coefficient (Wildman–Crippen LogP) is 1.77. The molecule has 1 saturated heterocycles. The highest BCUT2D eigenvalue weighted by Gasteiger charge is 2.37. The number of hydrogen-bond donors (Lipinski definition) is 1. The van der Waals surface area contributed by atoms with Crippen LogP contribution in [0.4, 0.5) is 4.39 Å². The average Bonchev–Trinajstić information content (AvgIpc) is 3.18. The van der Waals surface area contributed by atoms with E-state index in [1.165, 1.54) is 23.1 Å². The van der Waals surface area contributed by atoms with E-state index < -0.39 is 20.9 Å². The fraction of sp³-hybridized carbons (Fsp3) is 0.316. The molecule has 2 aromatic rings. The minimum absolute atomic E-state index is 0.0162. The van der Waals surface area contributed by atoms with Crippen molar-refractivity contribution in [2.24, 2.45) is 0 Å². The van der Waals surface area contributed by atoms with Crippen LogP contribution in [0, 0.1) is 5.82 Å². The summed E-state index contributed by atoms with van der Waals surface area (Å²) in [7, 11) is -3.84. The van der Waals surface area contributed by atoms with Crippen LogP contribution in [0.15, 0.2) is 53.4 Å². The number of carbonyl (C=O) groups excluding carboxylic acids is 1. The number of ether oxygens (including phenoxy) is 1. The molecule has 8 heteroatoms. The Morgan fingerprint density at radius 3 is 2.56 bits per heavy atom. The lowest BCUT2D eigenvalue weighted by molar-refractivity contribution is -0.132. The summed E-state index contributed by atoms with van der Waals surface area (Å²) in [5.41, 5.74) is 0.731. The highest BCUT2D eigenvalue weighted by molar-refractivity contribution is 7.92. The topological polar surface area (TPSA) is 83.9 Å². The maximum Gasteiger partial charge on any atom is 0.260 e. The molecule has 1 fully saturated rings. The Bertz CT molecular complexity index is 914. The molecule has 0 aliphatic carbocycles. The molecule has 0 bridgehead atoms. The van der Waals surface area contributed by atoms with E-state index in [2.05, 4.69) is 0 Å². The molecule has 144 valence electrons. The number of nitrogens with zero attached hydrogens (tertiary/aromatic N) is 1.